The molecular formula is C18H36MgO3. The highest BCUT2D eigenvalue weighted by Gasteiger charge is 2.03. The molecule has 0 spiro atoms. The highest BCUT2D eigenvalue weighted by Crippen LogP contribution is 2.14. The largest absolute Gasteiger partial charge is 0.481 e. The van der Waals surface area contributed by atoms with Gasteiger partial charge in [-0.15, -0.1) is 0 Å². The summed E-state index contributed by atoms with van der Waals surface area (Å²) in [5.41, 5.74) is 0. The van der Waals surface area contributed by atoms with E-state index in [4.69, 9.17) is 5.11 Å². The zero-order valence-corrected chi connectivity index (χ0v) is 16.1. The Hall–Kier alpha value is 0.196. The lowest BCUT2D eigenvalue weighted by atomic mass is 10.0. The van der Waals surface area contributed by atoms with Crippen molar-refractivity contribution in [2.45, 2.75) is 109 Å². The molecular weight excluding hydrogens is 288 g/mol. The van der Waals surface area contributed by atoms with E-state index in [1.807, 2.05) is 0 Å². The van der Waals surface area contributed by atoms with Gasteiger partial charge >= 0.3 is 5.97 Å². The minimum atomic E-state index is -0.678. The fourth-order valence-corrected chi connectivity index (χ4v) is 2.67. The summed E-state index contributed by atoms with van der Waals surface area (Å²) >= 11 is 0. The second kappa shape index (κ2) is 19.2. The van der Waals surface area contributed by atoms with E-state index in [1.54, 1.807) is 0 Å². The summed E-state index contributed by atoms with van der Waals surface area (Å²) in [5.74, 6) is -0.678. The average Bonchev–Trinajstić information content (AvgIpc) is 2.45. The van der Waals surface area contributed by atoms with Crippen molar-refractivity contribution in [3.63, 3.8) is 0 Å². The van der Waals surface area contributed by atoms with Gasteiger partial charge in [-0.05, 0) is 19.3 Å². The molecule has 1 unspecified atom stereocenters. The first-order valence-electron chi connectivity index (χ1n) is 9.06. The second-order valence-electron chi connectivity index (χ2n) is 6.26. The summed E-state index contributed by atoms with van der Waals surface area (Å²) in [6.07, 6.45) is 16.3. The van der Waals surface area contributed by atoms with Gasteiger partial charge in [-0.25, -0.2) is 0 Å². The topological polar surface area (TPSA) is 57.5 Å². The minimum absolute atomic E-state index is 0. The Balaban J connectivity index is 0. The molecule has 0 rings (SSSR count). The SMILES string of the molecule is CCCCCCC(O)CCCCCCCCCCC(=O)O.[Mg]. The average molecular weight is 325 g/mol. The molecule has 0 heterocycles. The lowest BCUT2D eigenvalue weighted by molar-refractivity contribution is -0.137. The smallest absolute Gasteiger partial charge is 0.303 e. The molecule has 0 fully saturated rings. The first kappa shape index (κ1) is 24.4. The summed E-state index contributed by atoms with van der Waals surface area (Å²) in [5, 5.41) is 18.4. The van der Waals surface area contributed by atoms with Gasteiger partial charge in [0.25, 0.3) is 0 Å². The Morgan fingerprint density at radius 3 is 1.64 bits per heavy atom. The predicted molar refractivity (Wildman–Crippen MR) is 94.3 cm³/mol. The van der Waals surface area contributed by atoms with Crippen molar-refractivity contribution in [2.75, 3.05) is 0 Å². The van der Waals surface area contributed by atoms with Crippen LogP contribution >= 0.6 is 0 Å². The zero-order valence-electron chi connectivity index (χ0n) is 14.7. The van der Waals surface area contributed by atoms with Crippen molar-refractivity contribution in [3.8, 4) is 0 Å². The van der Waals surface area contributed by atoms with Crippen LogP contribution in [0, 0.1) is 0 Å². The number of unbranched alkanes of at least 4 members (excludes halogenated alkanes) is 10. The first-order valence-corrected chi connectivity index (χ1v) is 9.06. The highest BCUT2D eigenvalue weighted by molar-refractivity contribution is 5.75. The third-order valence-corrected chi connectivity index (χ3v) is 4.07. The molecule has 0 aromatic rings. The molecule has 0 amide bonds. The number of aliphatic hydroxyl groups excluding tert-OH is 1. The number of aliphatic hydroxyl groups is 1. The quantitative estimate of drug-likeness (QED) is 0.313. The number of carbonyl (C=O) groups is 1. The molecule has 4 heteroatoms. The number of aliphatic carboxylic acids is 1. The molecule has 0 aromatic carbocycles. The van der Waals surface area contributed by atoms with Gasteiger partial charge in [-0.1, -0.05) is 77.6 Å². The van der Waals surface area contributed by atoms with Gasteiger partial charge in [0.05, 0.1) is 6.10 Å². The van der Waals surface area contributed by atoms with Crippen LogP contribution < -0.4 is 0 Å². The Morgan fingerprint density at radius 1 is 0.773 bits per heavy atom. The summed E-state index contributed by atoms with van der Waals surface area (Å²) in [6, 6.07) is 0. The highest BCUT2D eigenvalue weighted by atomic mass is 24.3. The van der Waals surface area contributed by atoms with Gasteiger partial charge in [0.2, 0.25) is 0 Å². The Bertz CT molecular complexity index is 234. The van der Waals surface area contributed by atoms with Gasteiger partial charge < -0.3 is 10.2 Å². The summed E-state index contributed by atoms with van der Waals surface area (Å²) in [4.78, 5) is 10.3. The molecule has 2 radical (unpaired) electrons. The molecule has 3 nitrogen and oxygen atoms in total. The summed E-state index contributed by atoms with van der Waals surface area (Å²) < 4.78 is 0. The molecule has 0 bridgehead atoms. The number of rotatable bonds is 16. The Morgan fingerprint density at radius 2 is 1.18 bits per heavy atom. The van der Waals surface area contributed by atoms with Gasteiger partial charge in [-0.2, -0.15) is 0 Å². The van der Waals surface area contributed by atoms with Crippen LogP contribution in [0.4, 0.5) is 0 Å². The van der Waals surface area contributed by atoms with Crippen molar-refractivity contribution >= 4 is 29.0 Å². The molecule has 22 heavy (non-hydrogen) atoms. The normalized spacial score (nSPS) is 11.9. The molecule has 0 aromatic heterocycles. The molecule has 0 aliphatic rings. The monoisotopic (exact) mass is 324 g/mol. The molecule has 128 valence electrons. The van der Waals surface area contributed by atoms with Crippen molar-refractivity contribution in [1.29, 1.82) is 0 Å². The minimum Gasteiger partial charge on any atom is -0.481 e. The zero-order chi connectivity index (χ0) is 15.8. The molecule has 0 saturated heterocycles. The van der Waals surface area contributed by atoms with Crippen LogP contribution in [0.1, 0.15) is 103 Å². The summed E-state index contributed by atoms with van der Waals surface area (Å²) in [6.45, 7) is 2.21. The maximum absolute atomic E-state index is 10.3. The Labute approximate surface area is 153 Å². The number of hydrogen-bond acceptors (Lipinski definition) is 2. The van der Waals surface area contributed by atoms with E-state index in [9.17, 15) is 9.90 Å². The molecule has 0 aliphatic heterocycles. The second-order valence-corrected chi connectivity index (χ2v) is 6.26. The van der Waals surface area contributed by atoms with Crippen molar-refractivity contribution < 1.29 is 15.0 Å². The summed E-state index contributed by atoms with van der Waals surface area (Å²) in [7, 11) is 0. The van der Waals surface area contributed by atoms with Gasteiger partial charge in [0, 0.05) is 29.5 Å². The lowest BCUT2D eigenvalue weighted by Gasteiger charge is -2.10. The van der Waals surface area contributed by atoms with E-state index < -0.39 is 5.97 Å². The van der Waals surface area contributed by atoms with Crippen LogP contribution in [-0.4, -0.2) is 45.3 Å². The van der Waals surface area contributed by atoms with Crippen LogP contribution in [0.2, 0.25) is 0 Å². The number of carboxylic acids is 1. The lowest BCUT2D eigenvalue weighted by Crippen LogP contribution is -2.05. The maximum Gasteiger partial charge on any atom is 0.303 e. The van der Waals surface area contributed by atoms with Crippen LogP contribution in [0.25, 0.3) is 0 Å². The Kier molecular flexibility index (Phi) is 21.4. The molecule has 1 atom stereocenters. The van der Waals surface area contributed by atoms with Crippen LogP contribution in [0.3, 0.4) is 0 Å². The van der Waals surface area contributed by atoms with Gasteiger partial charge in [-0.3, -0.25) is 4.79 Å². The molecule has 2 N–H and O–H groups in total. The van der Waals surface area contributed by atoms with E-state index in [0.717, 1.165) is 38.5 Å². The fraction of sp³-hybridized carbons (Fsp3) is 0.944. The fourth-order valence-electron chi connectivity index (χ4n) is 2.67. The number of carboxylic acid groups (broad SMARTS) is 1. The standard InChI is InChI=1S/C18H36O3.Mg/c1-2-3-4-11-14-17(19)15-12-9-7-5-6-8-10-13-16-18(20)21;/h17,19H,2-16H2,1H3,(H,20,21);. The number of hydrogen-bond donors (Lipinski definition) is 2. The molecule has 0 aliphatic carbocycles. The van der Waals surface area contributed by atoms with Crippen molar-refractivity contribution in [1.82, 2.24) is 0 Å². The first-order chi connectivity index (χ1) is 10.2. The van der Waals surface area contributed by atoms with Crippen LogP contribution in [0.15, 0.2) is 0 Å². The van der Waals surface area contributed by atoms with Gasteiger partial charge in [0.1, 0.15) is 0 Å². The van der Waals surface area contributed by atoms with Crippen LogP contribution in [-0.2, 0) is 4.79 Å². The van der Waals surface area contributed by atoms with E-state index in [-0.39, 0.29) is 29.2 Å². The van der Waals surface area contributed by atoms with Crippen molar-refractivity contribution in [3.05, 3.63) is 0 Å². The van der Waals surface area contributed by atoms with E-state index in [1.165, 1.54) is 51.4 Å². The van der Waals surface area contributed by atoms with Crippen molar-refractivity contribution in [2.24, 2.45) is 0 Å². The van der Waals surface area contributed by atoms with E-state index in [2.05, 4.69) is 6.92 Å². The third-order valence-electron chi connectivity index (χ3n) is 4.07. The van der Waals surface area contributed by atoms with Gasteiger partial charge in [0.15, 0.2) is 0 Å². The van der Waals surface area contributed by atoms with Crippen LogP contribution in [0.5, 0.6) is 0 Å². The molecule has 0 saturated carbocycles. The van der Waals surface area contributed by atoms with E-state index >= 15 is 0 Å². The third kappa shape index (κ3) is 20.2. The predicted octanol–water partition coefficient (Wildman–Crippen LogP) is 4.92. The maximum atomic E-state index is 10.3. The van der Waals surface area contributed by atoms with E-state index in [0.29, 0.717) is 6.42 Å².